The molecule has 2 N–H and O–H groups in total. The monoisotopic (exact) mass is 327 g/mol. The average molecular weight is 327 g/mol. The summed E-state index contributed by atoms with van der Waals surface area (Å²) in [5.41, 5.74) is -0.524. The smallest absolute Gasteiger partial charge is 0.260 e. The van der Waals surface area contributed by atoms with Crippen molar-refractivity contribution in [1.82, 2.24) is 15.1 Å². The number of nitrogens with zero attached hydrogens (tertiary/aromatic N) is 2. The molecule has 1 fully saturated rings. The van der Waals surface area contributed by atoms with Crippen molar-refractivity contribution < 1.29 is 23.5 Å². The van der Waals surface area contributed by atoms with E-state index in [1.807, 2.05) is 11.8 Å². The standard InChI is InChI=1S/C15H19F2N3O3/c1-2-18-13(22)9-19-3-5-20(6-4-19)15(23)14-11(17)7-10(16)8-12(14)21/h7-8,21H,2-6,9H2,1H3,(H,18,22). The zero-order chi connectivity index (χ0) is 17.0. The Morgan fingerprint density at radius 3 is 2.43 bits per heavy atom. The van der Waals surface area contributed by atoms with Crippen LogP contribution in [0.5, 0.6) is 5.75 Å². The van der Waals surface area contributed by atoms with Gasteiger partial charge in [0.2, 0.25) is 5.91 Å². The van der Waals surface area contributed by atoms with Crippen LogP contribution in [0.1, 0.15) is 17.3 Å². The molecule has 0 spiro atoms. The summed E-state index contributed by atoms with van der Waals surface area (Å²) >= 11 is 0. The molecule has 1 saturated heterocycles. The first-order valence-electron chi connectivity index (χ1n) is 7.38. The fourth-order valence-corrected chi connectivity index (χ4v) is 2.50. The largest absolute Gasteiger partial charge is 0.507 e. The van der Waals surface area contributed by atoms with E-state index in [1.54, 1.807) is 0 Å². The molecule has 0 atom stereocenters. The Balaban J connectivity index is 1.98. The fraction of sp³-hybridized carbons (Fsp3) is 0.467. The van der Waals surface area contributed by atoms with Crippen molar-refractivity contribution in [3.63, 3.8) is 0 Å². The number of nitrogens with one attached hydrogen (secondary N) is 1. The Kier molecular flexibility index (Phi) is 5.49. The molecule has 1 aromatic rings. The number of phenols is 1. The summed E-state index contributed by atoms with van der Waals surface area (Å²) < 4.78 is 26.7. The summed E-state index contributed by atoms with van der Waals surface area (Å²) in [5, 5.41) is 12.3. The van der Waals surface area contributed by atoms with Crippen molar-refractivity contribution in [2.75, 3.05) is 39.3 Å². The summed E-state index contributed by atoms with van der Waals surface area (Å²) in [5.74, 6) is -3.51. The van der Waals surface area contributed by atoms with Crippen LogP contribution in [-0.2, 0) is 4.79 Å². The highest BCUT2D eigenvalue weighted by atomic mass is 19.1. The number of likely N-dealkylation sites (N-methyl/N-ethyl adjacent to an activating group) is 1. The number of rotatable bonds is 4. The van der Waals surface area contributed by atoms with Gasteiger partial charge in [0, 0.05) is 44.9 Å². The second-order valence-corrected chi connectivity index (χ2v) is 5.30. The molecule has 1 heterocycles. The number of amides is 2. The maximum atomic E-state index is 13.7. The quantitative estimate of drug-likeness (QED) is 0.848. The van der Waals surface area contributed by atoms with Gasteiger partial charge in [0.25, 0.3) is 5.91 Å². The Labute approximate surface area is 132 Å². The van der Waals surface area contributed by atoms with Crippen LogP contribution >= 0.6 is 0 Å². The Morgan fingerprint density at radius 2 is 1.87 bits per heavy atom. The van der Waals surface area contributed by atoms with Crippen LogP contribution in [0.3, 0.4) is 0 Å². The number of piperazine rings is 1. The highest BCUT2D eigenvalue weighted by molar-refractivity contribution is 5.97. The first kappa shape index (κ1) is 17.1. The van der Waals surface area contributed by atoms with Crippen LogP contribution in [0.15, 0.2) is 12.1 Å². The van der Waals surface area contributed by atoms with Gasteiger partial charge >= 0.3 is 0 Å². The third-order valence-corrected chi connectivity index (χ3v) is 3.65. The van der Waals surface area contributed by atoms with Gasteiger partial charge in [0.15, 0.2) is 0 Å². The lowest BCUT2D eigenvalue weighted by Crippen LogP contribution is -2.51. The second kappa shape index (κ2) is 7.36. The molecule has 23 heavy (non-hydrogen) atoms. The van der Waals surface area contributed by atoms with Gasteiger partial charge in [0.05, 0.1) is 6.54 Å². The maximum absolute atomic E-state index is 13.7. The van der Waals surface area contributed by atoms with Crippen molar-refractivity contribution in [3.8, 4) is 5.75 Å². The maximum Gasteiger partial charge on any atom is 0.260 e. The van der Waals surface area contributed by atoms with Crippen molar-refractivity contribution in [2.45, 2.75) is 6.92 Å². The van der Waals surface area contributed by atoms with Crippen LogP contribution in [0.2, 0.25) is 0 Å². The van der Waals surface area contributed by atoms with Gasteiger partial charge in [-0.25, -0.2) is 8.78 Å². The summed E-state index contributed by atoms with van der Waals surface area (Å²) in [6.07, 6.45) is 0. The summed E-state index contributed by atoms with van der Waals surface area (Å²) in [6, 6.07) is 1.28. The number of phenolic OH excluding ortho intramolecular Hbond substituents is 1. The molecule has 0 aromatic heterocycles. The molecular weight excluding hydrogens is 308 g/mol. The summed E-state index contributed by atoms with van der Waals surface area (Å²) in [6.45, 7) is 4.16. The van der Waals surface area contributed by atoms with Crippen LogP contribution < -0.4 is 5.32 Å². The lowest BCUT2D eigenvalue weighted by Gasteiger charge is -2.34. The zero-order valence-electron chi connectivity index (χ0n) is 12.8. The minimum Gasteiger partial charge on any atom is -0.507 e. The van der Waals surface area contributed by atoms with E-state index in [-0.39, 0.29) is 12.5 Å². The molecule has 1 aliphatic rings. The third-order valence-electron chi connectivity index (χ3n) is 3.65. The summed E-state index contributed by atoms with van der Waals surface area (Å²) in [4.78, 5) is 27.1. The van der Waals surface area contributed by atoms with E-state index in [0.717, 1.165) is 0 Å². The number of carbonyl (C=O) groups is 2. The first-order chi connectivity index (χ1) is 10.9. The van der Waals surface area contributed by atoms with Gasteiger partial charge < -0.3 is 15.3 Å². The van der Waals surface area contributed by atoms with Gasteiger partial charge in [-0.15, -0.1) is 0 Å². The van der Waals surface area contributed by atoms with Crippen LogP contribution in [-0.4, -0.2) is 66.0 Å². The van der Waals surface area contributed by atoms with E-state index in [4.69, 9.17) is 0 Å². The molecule has 1 aliphatic heterocycles. The van der Waals surface area contributed by atoms with Crippen molar-refractivity contribution in [2.24, 2.45) is 0 Å². The van der Waals surface area contributed by atoms with Gasteiger partial charge in [-0.2, -0.15) is 0 Å². The molecule has 2 amide bonds. The molecular formula is C15H19F2N3O3. The van der Waals surface area contributed by atoms with E-state index in [9.17, 15) is 23.5 Å². The molecule has 0 bridgehead atoms. The third kappa shape index (κ3) is 4.16. The Hall–Kier alpha value is -2.22. The van der Waals surface area contributed by atoms with Crippen molar-refractivity contribution in [1.29, 1.82) is 0 Å². The lowest BCUT2D eigenvalue weighted by atomic mass is 10.1. The van der Waals surface area contributed by atoms with Crippen LogP contribution in [0, 0.1) is 11.6 Å². The van der Waals surface area contributed by atoms with Crippen LogP contribution in [0.25, 0.3) is 0 Å². The number of aromatic hydroxyl groups is 1. The normalized spacial score (nSPS) is 15.5. The molecule has 0 saturated carbocycles. The van der Waals surface area contributed by atoms with Gasteiger partial charge in [0.1, 0.15) is 22.9 Å². The highest BCUT2D eigenvalue weighted by Crippen LogP contribution is 2.24. The topological polar surface area (TPSA) is 72.9 Å². The van der Waals surface area contributed by atoms with Crippen molar-refractivity contribution in [3.05, 3.63) is 29.3 Å². The second-order valence-electron chi connectivity index (χ2n) is 5.30. The predicted molar refractivity (Wildman–Crippen MR) is 79.1 cm³/mol. The van der Waals surface area contributed by atoms with E-state index < -0.39 is 28.9 Å². The fourth-order valence-electron chi connectivity index (χ4n) is 2.50. The number of hydrogen-bond acceptors (Lipinski definition) is 4. The van der Waals surface area contributed by atoms with Crippen LogP contribution in [0.4, 0.5) is 8.78 Å². The molecule has 0 radical (unpaired) electrons. The first-order valence-corrected chi connectivity index (χ1v) is 7.38. The number of halogens is 2. The highest BCUT2D eigenvalue weighted by Gasteiger charge is 2.27. The number of hydrogen-bond donors (Lipinski definition) is 2. The molecule has 0 aliphatic carbocycles. The number of carbonyl (C=O) groups excluding carboxylic acids is 2. The predicted octanol–water partition coefficient (Wildman–Crippen LogP) is 0.564. The molecule has 6 nitrogen and oxygen atoms in total. The minimum absolute atomic E-state index is 0.0884. The number of benzene rings is 1. The lowest BCUT2D eigenvalue weighted by molar-refractivity contribution is -0.122. The van der Waals surface area contributed by atoms with E-state index in [0.29, 0.717) is 44.9 Å². The average Bonchev–Trinajstić information content (AvgIpc) is 2.47. The summed E-state index contributed by atoms with van der Waals surface area (Å²) in [7, 11) is 0. The SMILES string of the molecule is CCNC(=O)CN1CCN(C(=O)c2c(O)cc(F)cc2F)CC1. The minimum atomic E-state index is -1.09. The van der Waals surface area contributed by atoms with E-state index in [2.05, 4.69) is 5.32 Å². The van der Waals surface area contributed by atoms with Gasteiger partial charge in [-0.3, -0.25) is 14.5 Å². The Morgan fingerprint density at radius 1 is 1.22 bits per heavy atom. The molecule has 126 valence electrons. The van der Waals surface area contributed by atoms with Gasteiger partial charge in [-0.1, -0.05) is 0 Å². The van der Waals surface area contributed by atoms with Crippen molar-refractivity contribution >= 4 is 11.8 Å². The molecule has 1 aromatic carbocycles. The molecule has 8 heteroatoms. The van der Waals surface area contributed by atoms with E-state index in [1.165, 1.54) is 4.90 Å². The zero-order valence-corrected chi connectivity index (χ0v) is 12.8. The molecule has 0 unspecified atom stereocenters. The van der Waals surface area contributed by atoms with E-state index >= 15 is 0 Å². The van der Waals surface area contributed by atoms with Gasteiger partial charge in [-0.05, 0) is 6.92 Å². The molecule has 2 rings (SSSR count). The Bertz CT molecular complexity index is 579.